The van der Waals surface area contributed by atoms with E-state index in [1.165, 1.54) is 11.1 Å². The van der Waals surface area contributed by atoms with Crippen molar-refractivity contribution in [1.82, 2.24) is 33.5 Å². The van der Waals surface area contributed by atoms with Crippen LogP contribution in [0.3, 0.4) is 0 Å². The first-order valence-electron chi connectivity index (χ1n) is 24.8. The SMILES string of the molecule is Cc1ccc(Cl)cc1S(=O)(=O)N1Cc2ccccc2N(Cc2cnc[nH]2)C(CCc2ccccc2)C1.O=S(=O)(c1ccc2cccnc2c1)N1Cc2ccccc2N(Cc2cnc[nH]2)C(CCc2ccccc2)C1. The van der Waals surface area contributed by atoms with Gasteiger partial charge in [0, 0.05) is 78.6 Å². The van der Waals surface area contributed by atoms with Crippen LogP contribution in [0, 0.1) is 6.92 Å². The van der Waals surface area contributed by atoms with Gasteiger partial charge in [-0.25, -0.2) is 26.8 Å². The van der Waals surface area contributed by atoms with Crippen molar-refractivity contribution in [1.29, 1.82) is 0 Å². The van der Waals surface area contributed by atoms with E-state index in [0.29, 0.717) is 55.4 Å². The number of rotatable bonds is 14. The van der Waals surface area contributed by atoms with Crippen LogP contribution in [0.25, 0.3) is 10.9 Å². The summed E-state index contributed by atoms with van der Waals surface area (Å²) in [6.07, 6.45) is 12.0. The summed E-state index contributed by atoms with van der Waals surface area (Å²) >= 11 is 6.22. The number of nitrogens with one attached hydrogen (secondary N) is 2. The normalized spacial score (nSPS) is 16.4. The number of benzene rings is 6. The molecule has 0 radical (unpaired) electrons. The Balaban J connectivity index is 0.000000170. The summed E-state index contributed by atoms with van der Waals surface area (Å²) in [5.74, 6) is 0. The fourth-order valence-electron chi connectivity index (χ4n) is 10.1. The number of sulfonamides is 2. The van der Waals surface area contributed by atoms with E-state index in [1.54, 1.807) is 57.8 Å². The predicted molar refractivity (Wildman–Crippen MR) is 293 cm³/mol. The molecule has 0 saturated carbocycles. The standard InChI is InChI=1S/C30H29N5O2S.C28H29ClN4O2S/c36-38(37,28-15-13-24-10-6-16-32-29(24)17-28)34-19-25-9-4-5-11-30(25)35(20-26-18-31-22-33-26)27(21-34)14-12-23-7-2-1-3-8-23;1-21-11-13-24(29)15-28(21)36(34,35)32-17-23-9-5-6-10-27(23)33(18-25-16-30-20-31-25)26(19-32)14-12-22-7-3-2-4-8-22/h1-11,13,15-18,22,27H,12,14,19-21H2,(H,31,33);2-11,13,15-16,20,26H,12,14,17-19H2,1H3,(H,30,31). The highest BCUT2D eigenvalue weighted by atomic mass is 35.5. The fourth-order valence-corrected chi connectivity index (χ4v) is 13.5. The minimum atomic E-state index is -3.78. The van der Waals surface area contributed by atoms with Crippen LogP contribution in [0.4, 0.5) is 11.4 Å². The topological polar surface area (TPSA) is 151 Å². The Kier molecular flexibility index (Phi) is 15.4. The summed E-state index contributed by atoms with van der Waals surface area (Å²) in [5, 5.41) is 1.33. The van der Waals surface area contributed by atoms with Crippen LogP contribution < -0.4 is 9.80 Å². The molecule has 6 aromatic carbocycles. The third-order valence-electron chi connectivity index (χ3n) is 14.0. The molecule has 3 aromatic heterocycles. The van der Waals surface area contributed by atoms with Crippen LogP contribution in [0.2, 0.25) is 5.02 Å². The van der Waals surface area contributed by atoms with Crippen LogP contribution in [-0.2, 0) is 59.1 Å². The Morgan fingerprint density at radius 3 is 1.65 bits per heavy atom. The monoisotopic (exact) mass is 1040 g/mol. The van der Waals surface area contributed by atoms with Gasteiger partial charge in [-0.2, -0.15) is 8.61 Å². The molecule has 5 heterocycles. The van der Waals surface area contributed by atoms with Gasteiger partial charge in [0.25, 0.3) is 0 Å². The molecule has 2 N–H and O–H groups in total. The minimum Gasteiger partial charge on any atom is -0.361 e. The molecule has 0 saturated heterocycles. The molecule has 74 heavy (non-hydrogen) atoms. The first-order valence-corrected chi connectivity index (χ1v) is 28.1. The molecule has 2 atom stereocenters. The van der Waals surface area contributed by atoms with E-state index in [9.17, 15) is 16.8 Å². The van der Waals surface area contributed by atoms with Crippen LogP contribution in [0.15, 0.2) is 199 Å². The third kappa shape index (κ3) is 11.5. The molecular formula is C58H58ClN9O4S2. The quantitative estimate of drug-likeness (QED) is 0.108. The van der Waals surface area contributed by atoms with Gasteiger partial charge in [0.2, 0.25) is 20.0 Å². The zero-order chi connectivity index (χ0) is 51.1. The van der Waals surface area contributed by atoms with E-state index in [2.05, 4.69) is 71.1 Å². The lowest BCUT2D eigenvalue weighted by Crippen LogP contribution is -2.43. The Labute approximate surface area is 438 Å². The Bertz CT molecular complexity index is 3530. The van der Waals surface area contributed by atoms with E-state index >= 15 is 0 Å². The lowest BCUT2D eigenvalue weighted by atomic mass is 10.0. The predicted octanol–water partition coefficient (Wildman–Crippen LogP) is 10.8. The second kappa shape index (κ2) is 22.5. The molecule has 0 amide bonds. The van der Waals surface area contributed by atoms with Crippen molar-refractivity contribution >= 4 is 53.9 Å². The molecule has 13 nitrogen and oxygen atoms in total. The molecule has 2 aliphatic heterocycles. The van der Waals surface area contributed by atoms with E-state index in [-0.39, 0.29) is 21.9 Å². The highest BCUT2D eigenvalue weighted by molar-refractivity contribution is 7.89. The van der Waals surface area contributed by atoms with Crippen LogP contribution >= 0.6 is 11.6 Å². The van der Waals surface area contributed by atoms with Crippen LogP contribution in [0.1, 0.15) is 52.0 Å². The molecule has 11 rings (SSSR count). The first kappa shape index (κ1) is 50.4. The molecule has 0 aliphatic carbocycles. The fraction of sp³-hybridized carbons (Fsp3) is 0.224. The molecular weight excluding hydrogens is 986 g/mol. The lowest BCUT2D eigenvalue weighted by Gasteiger charge is -2.34. The number of aromatic nitrogens is 5. The number of pyridine rings is 1. The summed E-state index contributed by atoms with van der Waals surface area (Å²) < 4.78 is 59.5. The Morgan fingerprint density at radius 1 is 0.581 bits per heavy atom. The number of imidazole rings is 2. The minimum absolute atomic E-state index is 0.0458. The van der Waals surface area contributed by atoms with Crippen molar-refractivity contribution in [3.8, 4) is 0 Å². The number of H-pyrrole nitrogens is 2. The average molecular weight is 1040 g/mol. The maximum Gasteiger partial charge on any atom is 0.243 e. The van der Waals surface area contributed by atoms with Crippen molar-refractivity contribution in [2.24, 2.45) is 0 Å². The van der Waals surface area contributed by atoms with Crippen molar-refractivity contribution < 1.29 is 16.8 Å². The van der Waals surface area contributed by atoms with Gasteiger partial charge in [0.15, 0.2) is 0 Å². The second-order valence-corrected chi connectivity index (χ2v) is 23.2. The number of anilines is 2. The van der Waals surface area contributed by atoms with Gasteiger partial charge in [0.05, 0.1) is 52.4 Å². The summed E-state index contributed by atoms with van der Waals surface area (Å²) in [7, 11) is -7.55. The van der Waals surface area contributed by atoms with Crippen molar-refractivity contribution in [3.05, 3.63) is 233 Å². The summed E-state index contributed by atoms with van der Waals surface area (Å²) in [5.41, 5.74) is 9.86. The lowest BCUT2D eigenvalue weighted by molar-refractivity contribution is 0.369. The van der Waals surface area contributed by atoms with Gasteiger partial charge in [0.1, 0.15) is 0 Å². The number of hydrogen-bond acceptors (Lipinski definition) is 9. The number of fused-ring (bicyclic) bond motifs is 3. The van der Waals surface area contributed by atoms with Crippen molar-refractivity contribution in [2.75, 3.05) is 22.9 Å². The molecule has 0 fully saturated rings. The number of para-hydroxylation sites is 2. The van der Waals surface area contributed by atoms with Gasteiger partial charge in [-0.15, -0.1) is 0 Å². The molecule has 9 aromatic rings. The van der Waals surface area contributed by atoms with Crippen LogP contribution in [0.5, 0.6) is 0 Å². The molecule has 0 bridgehead atoms. The van der Waals surface area contributed by atoms with Gasteiger partial charge in [-0.3, -0.25) is 4.98 Å². The molecule has 2 aliphatic rings. The van der Waals surface area contributed by atoms with Crippen molar-refractivity contribution in [3.63, 3.8) is 0 Å². The summed E-state index contributed by atoms with van der Waals surface area (Å²) in [4.78, 5) is 24.4. The van der Waals surface area contributed by atoms with E-state index < -0.39 is 20.0 Å². The van der Waals surface area contributed by atoms with Gasteiger partial charge < -0.3 is 19.8 Å². The largest absolute Gasteiger partial charge is 0.361 e. The van der Waals surface area contributed by atoms with Crippen molar-refractivity contribution in [2.45, 2.75) is 80.7 Å². The maximum atomic E-state index is 14.1. The molecule has 378 valence electrons. The number of halogens is 1. The Hall–Kier alpha value is -7.14. The first-order chi connectivity index (χ1) is 36.0. The molecule has 0 spiro atoms. The molecule has 16 heteroatoms. The summed E-state index contributed by atoms with van der Waals surface area (Å²) in [6, 6.07) is 50.8. The summed E-state index contributed by atoms with van der Waals surface area (Å²) in [6.45, 7) is 4.38. The average Bonchev–Trinajstić information content (AvgIpc) is 4.10. The highest BCUT2D eigenvalue weighted by Gasteiger charge is 2.37. The zero-order valence-electron chi connectivity index (χ0n) is 41.1. The Morgan fingerprint density at radius 2 is 1.11 bits per heavy atom. The number of hydrogen-bond donors (Lipinski definition) is 2. The van der Waals surface area contributed by atoms with Gasteiger partial charge >= 0.3 is 0 Å². The molecule has 2 unspecified atom stereocenters. The highest BCUT2D eigenvalue weighted by Crippen LogP contribution is 2.36. The number of nitrogens with zero attached hydrogens (tertiary/aromatic N) is 7. The van der Waals surface area contributed by atoms with Gasteiger partial charge in [-0.1, -0.05) is 127 Å². The number of aryl methyl sites for hydroxylation is 3. The van der Waals surface area contributed by atoms with Gasteiger partial charge in [-0.05, 0) is 103 Å². The maximum absolute atomic E-state index is 14.1. The number of aromatic amines is 2. The van der Waals surface area contributed by atoms with E-state index in [4.69, 9.17) is 11.6 Å². The van der Waals surface area contributed by atoms with Crippen LogP contribution in [-0.4, -0.2) is 75.5 Å². The smallest absolute Gasteiger partial charge is 0.243 e. The second-order valence-electron chi connectivity index (χ2n) is 18.9. The van der Waals surface area contributed by atoms with E-state index in [1.807, 2.05) is 110 Å². The zero-order valence-corrected chi connectivity index (χ0v) is 43.5. The third-order valence-corrected chi connectivity index (χ3v) is 18.0. The van der Waals surface area contributed by atoms with E-state index in [0.717, 1.165) is 65.0 Å².